The third-order valence-electron chi connectivity index (χ3n) is 3.53. The Morgan fingerprint density at radius 1 is 1.42 bits per heavy atom. The molecule has 4 nitrogen and oxygen atoms in total. The molecule has 1 atom stereocenters. The van der Waals surface area contributed by atoms with E-state index in [0.717, 1.165) is 35.0 Å². The van der Waals surface area contributed by atoms with E-state index in [1.54, 1.807) is 12.4 Å². The van der Waals surface area contributed by atoms with Crippen LogP contribution < -0.4 is 0 Å². The lowest BCUT2D eigenvalue weighted by molar-refractivity contribution is 0.102. The van der Waals surface area contributed by atoms with Crippen molar-refractivity contribution in [2.75, 3.05) is 0 Å². The molecule has 0 bridgehead atoms. The molecule has 1 aromatic heterocycles. The second kappa shape index (κ2) is 5.53. The van der Waals surface area contributed by atoms with Crippen molar-refractivity contribution in [2.45, 2.75) is 45.6 Å². The average Bonchev–Trinajstić information content (AvgIpc) is 2.86. The van der Waals surface area contributed by atoms with Gasteiger partial charge in [0, 0.05) is 11.6 Å². The van der Waals surface area contributed by atoms with Gasteiger partial charge in [-0.25, -0.2) is 0 Å². The van der Waals surface area contributed by atoms with Crippen LogP contribution in [0.3, 0.4) is 0 Å². The fourth-order valence-corrected chi connectivity index (χ4v) is 2.23. The zero-order valence-corrected chi connectivity index (χ0v) is 11.8. The number of nitrogens with one attached hydrogen (secondary N) is 1. The predicted molar refractivity (Wildman–Crippen MR) is 79.1 cm³/mol. The molecule has 0 amide bonds. The molecule has 0 aliphatic heterocycles. The molecule has 0 aliphatic rings. The van der Waals surface area contributed by atoms with Gasteiger partial charge in [0.25, 0.3) is 0 Å². The Morgan fingerprint density at radius 3 is 2.89 bits per heavy atom. The number of aliphatic imine (C=N–C) groups is 1. The van der Waals surface area contributed by atoms with Crippen molar-refractivity contribution in [3.05, 3.63) is 23.9 Å². The normalized spacial score (nSPS) is 15.2. The summed E-state index contributed by atoms with van der Waals surface area (Å²) in [5.74, 6) is 0. The summed E-state index contributed by atoms with van der Waals surface area (Å²) in [5.41, 5.74) is 2.12. The number of rotatable bonds is 5. The molecule has 0 saturated heterocycles. The maximum absolute atomic E-state index is 10.4. The van der Waals surface area contributed by atoms with Gasteiger partial charge in [0.15, 0.2) is 0 Å². The van der Waals surface area contributed by atoms with Crippen molar-refractivity contribution in [3.8, 4) is 0 Å². The molecule has 102 valence electrons. The average molecular weight is 259 g/mol. The van der Waals surface area contributed by atoms with Crippen molar-refractivity contribution in [1.82, 2.24) is 10.2 Å². The van der Waals surface area contributed by atoms with E-state index in [-0.39, 0.29) is 0 Å². The van der Waals surface area contributed by atoms with Gasteiger partial charge in [-0.15, -0.1) is 0 Å². The molecule has 2 aromatic rings. The number of H-pyrrole nitrogens is 1. The molecule has 1 unspecified atom stereocenters. The molecular formula is C15H21N3O. The first-order valence-electron chi connectivity index (χ1n) is 6.80. The third-order valence-corrected chi connectivity index (χ3v) is 3.53. The molecule has 19 heavy (non-hydrogen) atoms. The van der Waals surface area contributed by atoms with Crippen LogP contribution in [0.1, 0.15) is 38.7 Å². The lowest BCUT2D eigenvalue weighted by Crippen LogP contribution is -2.29. The van der Waals surface area contributed by atoms with E-state index in [1.165, 1.54) is 0 Å². The first kappa shape index (κ1) is 13.7. The number of nitrogens with zero attached hydrogens (tertiary/aromatic N) is 2. The van der Waals surface area contributed by atoms with Crippen molar-refractivity contribution >= 4 is 22.8 Å². The summed E-state index contributed by atoms with van der Waals surface area (Å²) in [5, 5.41) is 18.4. The van der Waals surface area contributed by atoms with E-state index in [2.05, 4.69) is 22.1 Å². The minimum Gasteiger partial charge on any atom is -0.384 e. The largest absolute Gasteiger partial charge is 0.384 e. The van der Waals surface area contributed by atoms with Gasteiger partial charge in [0.2, 0.25) is 0 Å². The molecule has 0 saturated carbocycles. The van der Waals surface area contributed by atoms with Gasteiger partial charge in [0.1, 0.15) is 0 Å². The lowest BCUT2D eigenvalue weighted by Gasteiger charge is -2.21. The van der Waals surface area contributed by atoms with Gasteiger partial charge >= 0.3 is 0 Å². The summed E-state index contributed by atoms with van der Waals surface area (Å²) in [6.07, 6.45) is 5.80. The maximum Gasteiger partial charge on any atom is 0.0994 e. The highest BCUT2D eigenvalue weighted by Crippen LogP contribution is 2.29. The summed E-state index contributed by atoms with van der Waals surface area (Å²) >= 11 is 0. The van der Waals surface area contributed by atoms with Gasteiger partial charge in [0.05, 0.1) is 23.0 Å². The number of aromatic amines is 1. The molecule has 2 N–H and O–H groups in total. The second-order valence-corrected chi connectivity index (χ2v) is 5.03. The Morgan fingerprint density at radius 2 is 2.21 bits per heavy atom. The van der Waals surface area contributed by atoms with E-state index in [1.807, 2.05) is 26.0 Å². The van der Waals surface area contributed by atoms with Gasteiger partial charge in [-0.1, -0.05) is 26.3 Å². The minimum absolute atomic E-state index is 0.671. The molecule has 0 spiro atoms. The van der Waals surface area contributed by atoms with Crippen LogP contribution in [0.4, 0.5) is 5.69 Å². The van der Waals surface area contributed by atoms with Crippen LogP contribution in [0.15, 0.2) is 23.3 Å². The van der Waals surface area contributed by atoms with Crippen LogP contribution in [0.2, 0.25) is 0 Å². The fourth-order valence-electron chi connectivity index (χ4n) is 2.23. The van der Waals surface area contributed by atoms with Crippen LogP contribution >= 0.6 is 0 Å². The van der Waals surface area contributed by atoms with Gasteiger partial charge in [-0.2, -0.15) is 5.10 Å². The molecule has 2 rings (SSSR count). The molecule has 1 heterocycles. The molecule has 0 radical (unpaired) electrons. The quantitative estimate of drug-likeness (QED) is 0.807. The number of aryl methyl sites for hydroxylation is 1. The number of aliphatic hydroxyl groups is 1. The Hall–Kier alpha value is -1.68. The third kappa shape index (κ3) is 2.84. The van der Waals surface area contributed by atoms with Gasteiger partial charge in [-0.3, -0.25) is 10.1 Å². The van der Waals surface area contributed by atoms with Gasteiger partial charge < -0.3 is 5.11 Å². The molecule has 0 aliphatic carbocycles. The maximum atomic E-state index is 10.4. The smallest absolute Gasteiger partial charge is 0.0994 e. The standard InChI is InChI=1S/C15H21N3O/c1-4-8-15(19,5-2)10-16-14-11(3)6-7-13-12(14)9-17-18-13/h6-7,9-10,19H,4-5,8H2,1-3H3,(H,17,18). The van der Waals surface area contributed by atoms with Crippen LogP contribution in [-0.4, -0.2) is 27.1 Å². The SMILES string of the molecule is CCCC(O)(C=Nc1c(C)ccc2[nH]ncc12)CC. The lowest BCUT2D eigenvalue weighted by atomic mass is 9.96. The highest BCUT2D eigenvalue weighted by molar-refractivity contribution is 5.93. The van der Waals surface area contributed by atoms with E-state index in [4.69, 9.17) is 0 Å². The number of aromatic nitrogens is 2. The highest BCUT2D eigenvalue weighted by Gasteiger charge is 2.20. The summed E-state index contributed by atoms with van der Waals surface area (Å²) in [4.78, 5) is 4.53. The van der Waals surface area contributed by atoms with Crippen LogP contribution in [0.5, 0.6) is 0 Å². The Labute approximate surface area is 113 Å². The van der Waals surface area contributed by atoms with E-state index in [9.17, 15) is 5.11 Å². The van der Waals surface area contributed by atoms with Crippen LogP contribution in [-0.2, 0) is 0 Å². The zero-order valence-electron chi connectivity index (χ0n) is 11.8. The van der Waals surface area contributed by atoms with E-state index >= 15 is 0 Å². The minimum atomic E-state index is -0.812. The van der Waals surface area contributed by atoms with E-state index in [0.29, 0.717) is 6.42 Å². The molecular weight excluding hydrogens is 238 g/mol. The number of benzene rings is 1. The Kier molecular flexibility index (Phi) is 4.00. The summed E-state index contributed by atoms with van der Waals surface area (Å²) < 4.78 is 0. The van der Waals surface area contributed by atoms with Crippen molar-refractivity contribution < 1.29 is 5.11 Å². The van der Waals surface area contributed by atoms with Crippen molar-refractivity contribution in [3.63, 3.8) is 0 Å². The van der Waals surface area contributed by atoms with Crippen LogP contribution in [0.25, 0.3) is 10.9 Å². The van der Waals surface area contributed by atoms with Crippen molar-refractivity contribution in [2.24, 2.45) is 4.99 Å². The first-order valence-corrected chi connectivity index (χ1v) is 6.80. The summed E-state index contributed by atoms with van der Waals surface area (Å²) in [6.45, 7) is 6.06. The molecule has 0 fully saturated rings. The van der Waals surface area contributed by atoms with Crippen molar-refractivity contribution in [1.29, 1.82) is 0 Å². The number of fused-ring (bicyclic) bond motifs is 1. The fraction of sp³-hybridized carbons (Fsp3) is 0.467. The topological polar surface area (TPSA) is 61.3 Å². The number of hydrogen-bond donors (Lipinski definition) is 2. The van der Waals surface area contributed by atoms with E-state index < -0.39 is 5.60 Å². The monoisotopic (exact) mass is 259 g/mol. The number of hydrogen-bond acceptors (Lipinski definition) is 3. The molecule has 4 heteroatoms. The Balaban J connectivity index is 2.39. The second-order valence-electron chi connectivity index (χ2n) is 5.03. The molecule has 1 aromatic carbocycles. The summed E-state index contributed by atoms with van der Waals surface area (Å²) in [6, 6.07) is 4.01. The predicted octanol–water partition coefficient (Wildman–Crippen LogP) is 3.51. The highest BCUT2D eigenvalue weighted by atomic mass is 16.3. The van der Waals surface area contributed by atoms with Crippen LogP contribution in [0, 0.1) is 6.92 Å². The first-order chi connectivity index (χ1) is 9.09. The van der Waals surface area contributed by atoms with Gasteiger partial charge in [-0.05, 0) is 31.4 Å². The zero-order chi connectivity index (χ0) is 13.9. The Bertz CT molecular complexity index is 588. The summed E-state index contributed by atoms with van der Waals surface area (Å²) in [7, 11) is 0.